The van der Waals surface area contributed by atoms with E-state index in [0.717, 1.165) is 10.5 Å². The maximum Gasteiger partial charge on any atom is 0.244 e. The molecule has 0 bridgehead atoms. The van der Waals surface area contributed by atoms with Gasteiger partial charge in [0, 0.05) is 19.4 Å². The molecule has 0 saturated carbocycles. The first-order chi connectivity index (χ1) is 14.4. The molecular formula is C21H24N2O6S. The maximum atomic E-state index is 12.9. The largest absolute Gasteiger partial charge is 0.496 e. The Kier molecular flexibility index (Phi) is 6.73. The van der Waals surface area contributed by atoms with Gasteiger partial charge in [-0.1, -0.05) is 18.2 Å². The molecule has 30 heavy (non-hydrogen) atoms. The smallest absolute Gasteiger partial charge is 0.244 e. The number of hydrogen-bond acceptors (Lipinski definition) is 6. The van der Waals surface area contributed by atoms with Gasteiger partial charge >= 0.3 is 0 Å². The molecular weight excluding hydrogens is 408 g/mol. The fourth-order valence-electron chi connectivity index (χ4n) is 3.36. The highest BCUT2D eigenvalue weighted by Crippen LogP contribution is 2.31. The molecule has 0 radical (unpaired) electrons. The van der Waals surface area contributed by atoms with E-state index in [4.69, 9.17) is 9.47 Å². The Morgan fingerprint density at radius 3 is 2.30 bits per heavy atom. The number of piperidine rings is 1. The second-order valence-corrected chi connectivity index (χ2v) is 8.51. The molecule has 1 fully saturated rings. The first kappa shape index (κ1) is 21.8. The third kappa shape index (κ3) is 4.63. The monoisotopic (exact) mass is 432 g/mol. The van der Waals surface area contributed by atoms with E-state index >= 15 is 0 Å². The number of nitrogens with one attached hydrogen (secondary N) is 1. The SMILES string of the molecule is COc1ccccc1CCNS(=O)(=O)c1cc(N2C(=O)CCCC2=O)ccc1OC. The van der Waals surface area contributed by atoms with Gasteiger partial charge in [-0.25, -0.2) is 13.1 Å². The van der Waals surface area contributed by atoms with Crippen LogP contribution in [0.3, 0.4) is 0 Å². The van der Waals surface area contributed by atoms with Crippen LogP contribution in [-0.2, 0) is 26.0 Å². The number of amides is 2. The molecule has 1 aliphatic rings. The second kappa shape index (κ2) is 9.27. The number of carbonyl (C=O) groups is 2. The third-order valence-corrected chi connectivity index (χ3v) is 6.34. The number of nitrogens with zero attached hydrogens (tertiary/aromatic N) is 1. The van der Waals surface area contributed by atoms with Crippen LogP contribution >= 0.6 is 0 Å². The van der Waals surface area contributed by atoms with Crippen LogP contribution in [0, 0.1) is 0 Å². The van der Waals surface area contributed by atoms with Crippen molar-refractivity contribution in [2.45, 2.75) is 30.6 Å². The number of para-hydroxylation sites is 1. The van der Waals surface area contributed by atoms with E-state index in [9.17, 15) is 18.0 Å². The van der Waals surface area contributed by atoms with Crippen molar-refractivity contribution >= 4 is 27.5 Å². The highest BCUT2D eigenvalue weighted by Gasteiger charge is 2.29. The highest BCUT2D eigenvalue weighted by molar-refractivity contribution is 7.89. The average molecular weight is 432 g/mol. The number of carbonyl (C=O) groups excluding carboxylic acids is 2. The molecule has 2 aromatic rings. The summed E-state index contributed by atoms with van der Waals surface area (Å²) >= 11 is 0. The molecule has 1 aliphatic heterocycles. The molecule has 0 unspecified atom stereocenters. The van der Waals surface area contributed by atoms with Crippen LogP contribution < -0.4 is 19.1 Å². The van der Waals surface area contributed by atoms with E-state index in [1.54, 1.807) is 7.11 Å². The summed E-state index contributed by atoms with van der Waals surface area (Å²) in [5, 5.41) is 0. The summed E-state index contributed by atoms with van der Waals surface area (Å²) in [6, 6.07) is 11.6. The van der Waals surface area contributed by atoms with Crippen LogP contribution in [0.15, 0.2) is 47.4 Å². The summed E-state index contributed by atoms with van der Waals surface area (Å²) in [7, 11) is -1.03. The number of benzene rings is 2. The van der Waals surface area contributed by atoms with Gasteiger partial charge in [0.05, 0.1) is 19.9 Å². The topological polar surface area (TPSA) is 102 Å². The van der Waals surface area contributed by atoms with E-state index in [1.807, 2.05) is 24.3 Å². The van der Waals surface area contributed by atoms with Gasteiger partial charge in [-0.2, -0.15) is 0 Å². The molecule has 2 aromatic carbocycles. The fraction of sp³-hybridized carbons (Fsp3) is 0.333. The minimum atomic E-state index is -3.95. The van der Waals surface area contributed by atoms with Gasteiger partial charge in [0.25, 0.3) is 0 Å². The Balaban J connectivity index is 1.83. The molecule has 8 nitrogen and oxygen atoms in total. The van der Waals surface area contributed by atoms with Gasteiger partial charge in [-0.05, 0) is 42.7 Å². The molecule has 1 heterocycles. The number of anilines is 1. The quantitative estimate of drug-likeness (QED) is 0.642. The lowest BCUT2D eigenvalue weighted by molar-refractivity contribution is -0.129. The van der Waals surface area contributed by atoms with Crippen LogP contribution in [0.4, 0.5) is 5.69 Å². The fourth-order valence-corrected chi connectivity index (χ4v) is 4.58. The first-order valence-corrected chi connectivity index (χ1v) is 11.0. The van der Waals surface area contributed by atoms with Crippen LogP contribution in [0.2, 0.25) is 0 Å². The number of rotatable bonds is 8. The molecule has 3 rings (SSSR count). The number of sulfonamides is 1. The summed E-state index contributed by atoms with van der Waals surface area (Å²) in [5.41, 5.74) is 1.09. The lowest BCUT2D eigenvalue weighted by atomic mass is 10.1. The van der Waals surface area contributed by atoms with Crippen molar-refractivity contribution in [1.82, 2.24) is 4.72 Å². The van der Waals surface area contributed by atoms with Gasteiger partial charge in [-0.15, -0.1) is 0 Å². The van der Waals surface area contributed by atoms with Gasteiger partial charge in [0.15, 0.2) is 0 Å². The summed E-state index contributed by atoms with van der Waals surface area (Å²) in [6.45, 7) is 0.137. The van der Waals surface area contributed by atoms with Crippen molar-refractivity contribution in [1.29, 1.82) is 0 Å². The summed E-state index contributed by atoms with van der Waals surface area (Å²) < 4.78 is 38.9. The zero-order valence-electron chi connectivity index (χ0n) is 16.9. The molecule has 0 spiro atoms. The number of imide groups is 1. The standard InChI is InChI=1S/C21H24N2O6S/c1-28-17-7-4-3-6-15(17)12-13-22-30(26,27)19-14-16(10-11-18(19)29-2)23-20(24)8-5-9-21(23)25/h3-4,6-7,10-11,14,22H,5,8-9,12-13H2,1-2H3. The molecule has 9 heteroatoms. The molecule has 2 amide bonds. The van der Waals surface area contributed by atoms with E-state index in [0.29, 0.717) is 18.6 Å². The predicted molar refractivity (Wildman–Crippen MR) is 111 cm³/mol. The number of hydrogen-bond donors (Lipinski definition) is 1. The van der Waals surface area contributed by atoms with Crippen LogP contribution in [-0.4, -0.2) is 41.0 Å². The van der Waals surface area contributed by atoms with Gasteiger partial charge in [-0.3, -0.25) is 14.5 Å². The number of methoxy groups -OCH3 is 2. The van der Waals surface area contributed by atoms with E-state index in [2.05, 4.69) is 4.72 Å². The Morgan fingerprint density at radius 2 is 1.63 bits per heavy atom. The van der Waals surface area contributed by atoms with Gasteiger partial charge in [0.1, 0.15) is 16.4 Å². The van der Waals surface area contributed by atoms with Crippen LogP contribution in [0.1, 0.15) is 24.8 Å². The zero-order chi connectivity index (χ0) is 21.7. The van der Waals surface area contributed by atoms with Crippen molar-refractivity contribution in [3.8, 4) is 11.5 Å². The second-order valence-electron chi connectivity index (χ2n) is 6.77. The van der Waals surface area contributed by atoms with Crippen molar-refractivity contribution in [2.75, 3.05) is 25.7 Å². The Bertz CT molecular complexity index is 1040. The van der Waals surface area contributed by atoms with E-state index < -0.39 is 10.0 Å². The number of ether oxygens (including phenoxy) is 2. The normalized spacial score (nSPS) is 14.7. The molecule has 160 valence electrons. The molecule has 0 atom stereocenters. The summed E-state index contributed by atoms with van der Waals surface area (Å²) in [6.07, 6.45) is 1.42. The van der Waals surface area contributed by atoms with Crippen molar-refractivity contribution < 1.29 is 27.5 Å². The maximum absolute atomic E-state index is 12.9. The average Bonchev–Trinajstić information content (AvgIpc) is 2.73. The minimum absolute atomic E-state index is 0.125. The molecule has 0 aromatic heterocycles. The van der Waals surface area contributed by atoms with Crippen molar-refractivity contribution in [3.63, 3.8) is 0 Å². The molecule has 1 N–H and O–H groups in total. The Hall–Kier alpha value is -2.91. The Morgan fingerprint density at radius 1 is 0.967 bits per heavy atom. The predicted octanol–water partition coefficient (Wildman–Crippen LogP) is 2.27. The molecule has 1 saturated heterocycles. The third-order valence-electron chi connectivity index (χ3n) is 4.85. The zero-order valence-corrected chi connectivity index (χ0v) is 17.7. The summed E-state index contributed by atoms with van der Waals surface area (Å²) in [4.78, 5) is 25.3. The van der Waals surface area contributed by atoms with Crippen LogP contribution in [0.25, 0.3) is 0 Å². The van der Waals surface area contributed by atoms with Gasteiger partial charge < -0.3 is 9.47 Å². The van der Waals surface area contributed by atoms with Crippen molar-refractivity contribution in [2.24, 2.45) is 0 Å². The minimum Gasteiger partial charge on any atom is -0.496 e. The Labute approximate surface area is 175 Å². The molecule has 0 aliphatic carbocycles. The van der Waals surface area contributed by atoms with E-state index in [1.165, 1.54) is 25.3 Å². The van der Waals surface area contributed by atoms with Crippen LogP contribution in [0.5, 0.6) is 11.5 Å². The lowest BCUT2D eigenvalue weighted by Crippen LogP contribution is -2.40. The lowest BCUT2D eigenvalue weighted by Gasteiger charge is -2.25. The first-order valence-electron chi connectivity index (χ1n) is 9.52. The van der Waals surface area contributed by atoms with E-state index in [-0.39, 0.29) is 47.5 Å². The van der Waals surface area contributed by atoms with Gasteiger partial charge in [0.2, 0.25) is 21.8 Å². The highest BCUT2D eigenvalue weighted by atomic mass is 32.2. The van der Waals surface area contributed by atoms with Crippen molar-refractivity contribution in [3.05, 3.63) is 48.0 Å². The summed E-state index contributed by atoms with van der Waals surface area (Å²) in [5.74, 6) is 0.117.